The molecule has 154 valence electrons. The predicted octanol–water partition coefficient (Wildman–Crippen LogP) is 2.72. The Morgan fingerprint density at radius 2 is 2.00 bits per heavy atom. The number of anilines is 1. The Morgan fingerprint density at radius 3 is 2.69 bits per heavy atom. The summed E-state index contributed by atoms with van der Waals surface area (Å²) in [6, 6.07) is 10.5. The highest BCUT2D eigenvalue weighted by Crippen LogP contribution is 2.30. The summed E-state index contributed by atoms with van der Waals surface area (Å²) in [7, 11) is 1.61. The number of rotatable bonds is 7. The highest BCUT2D eigenvalue weighted by atomic mass is 16.6. The maximum absolute atomic E-state index is 12.5. The molecule has 1 amide bonds. The number of nitro groups is 1. The topological polar surface area (TPSA) is 93.9 Å². The van der Waals surface area contributed by atoms with Crippen LogP contribution in [0.4, 0.5) is 11.4 Å². The lowest BCUT2D eigenvalue weighted by Crippen LogP contribution is -2.36. The first-order valence-electron chi connectivity index (χ1n) is 9.52. The van der Waals surface area contributed by atoms with Crippen molar-refractivity contribution in [3.8, 4) is 5.75 Å². The van der Waals surface area contributed by atoms with Crippen LogP contribution >= 0.6 is 0 Å². The summed E-state index contributed by atoms with van der Waals surface area (Å²) in [6.45, 7) is 4.63. The maximum Gasteiger partial charge on any atom is 0.293 e. The minimum atomic E-state index is -0.445. The normalized spacial score (nSPS) is 13.8. The van der Waals surface area contributed by atoms with Gasteiger partial charge in [0.2, 0.25) is 0 Å². The molecule has 1 fully saturated rings. The molecule has 29 heavy (non-hydrogen) atoms. The van der Waals surface area contributed by atoms with E-state index in [4.69, 9.17) is 9.47 Å². The number of morpholine rings is 1. The van der Waals surface area contributed by atoms with E-state index >= 15 is 0 Å². The number of nitro benzene ring substituents is 1. The van der Waals surface area contributed by atoms with Gasteiger partial charge in [-0.3, -0.25) is 14.9 Å². The van der Waals surface area contributed by atoms with Crippen molar-refractivity contribution in [3.63, 3.8) is 0 Å². The van der Waals surface area contributed by atoms with Gasteiger partial charge in [0.25, 0.3) is 11.6 Å². The van der Waals surface area contributed by atoms with E-state index in [-0.39, 0.29) is 17.2 Å². The number of amides is 1. The number of ether oxygens (including phenoxy) is 2. The molecule has 0 bridgehead atoms. The van der Waals surface area contributed by atoms with Crippen molar-refractivity contribution in [2.24, 2.45) is 0 Å². The fourth-order valence-electron chi connectivity index (χ4n) is 3.40. The van der Waals surface area contributed by atoms with E-state index in [1.807, 2.05) is 30.0 Å². The lowest BCUT2D eigenvalue weighted by atomic mass is 10.1. The minimum absolute atomic E-state index is 0.0695. The lowest BCUT2D eigenvalue weighted by Gasteiger charge is -2.28. The van der Waals surface area contributed by atoms with Crippen LogP contribution < -0.4 is 15.0 Å². The SMILES string of the molecule is COc1ccc(C)cc1CCNC(=O)c1ccc(N2CCOCC2)c([N+](=O)[O-])c1. The van der Waals surface area contributed by atoms with Crippen LogP contribution in [0.3, 0.4) is 0 Å². The van der Waals surface area contributed by atoms with Gasteiger partial charge in [-0.1, -0.05) is 17.7 Å². The molecule has 0 atom stereocenters. The van der Waals surface area contributed by atoms with Crippen molar-refractivity contribution in [3.05, 3.63) is 63.2 Å². The van der Waals surface area contributed by atoms with Crippen molar-refractivity contribution in [2.45, 2.75) is 13.3 Å². The average molecular weight is 399 g/mol. The second-order valence-corrected chi connectivity index (χ2v) is 6.88. The van der Waals surface area contributed by atoms with Gasteiger partial charge in [-0.25, -0.2) is 0 Å². The molecule has 1 saturated heterocycles. The van der Waals surface area contributed by atoms with Crippen molar-refractivity contribution in [1.29, 1.82) is 0 Å². The Morgan fingerprint density at radius 1 is 1.24 bits per heavy atom. The summed E-state index contributed by atoms with van der Waals surface area (Å²) in [5.41, 5.74) is 2.83. The van der Waals surface area contributed by atoms with E-state index in [1.54, 1.807) is 19.2 Å². The molecule has 1 heterocycles. The van der Waals surface area contributed by atoms with Gasteiger partial charge < -0.3 is 19.7 Å². The van der Waals surface area contributed by atoms with Gasteiger partial charge in [0.15, 0.2) is 0 Å². The Hall–Kier alpha value is -3.13. The van der Waals surface area contributed by atoms with Gasteiger partial charge in [-0.15, -0.1) is 0 Å². The van der Waals surface area contributed by atoms with E-state index in [1.165, 1.54) is 6.07 Å². The third-order valence-electron chi connectivity index (χ3n) is 4.90. The fraction of sp³-hybridized carbons (Fsp3) is 0.381. The molecule has 1 aliphatic heterocycles. The number of nitrogens with zero attached hydrogens (tertiary/aromatic N) is 2. The number of aryl methyl sites for hydroxylation is 1. The van der Waals surface area contributed by atoms with Crippen LogP contribution in [-0.2, 0) is 11.2 Å². The molecule has 0 aromatic heterocycles. The zero-order valence-electron chi connectivity index (χ0n) is 16.6. The van der Waals surface area contributed by atoms with Gasteiger partial charge >= 0.3 is 0 Å². The number of methoxy groups -OCH3 is 1. The minimum Gasteiger partial charge on any atom is -0.496 e. The number of carbonyl (C=O) groups is 1. The van der Waals surface area contributed by atoms with E-state index in [0.717, 1.165) is 16.9 Å². The quantitative estimate of drug-likeness (QED) is 0.568. The van der Waals surface area contributed by atoms with Crippen LogP contribution in [-0.4, -0.2) is 50.8 Å². The van der Waals surface area contributed by atoms with Crippen molar-refractivity contribution in [1.82, 2.24) is 5.32 Å². The lowest BCUT2D eigenvalue weighted by molar-refractivity contribution is -0.384. The number of hydrogen-bond acceptors (Lipinski definition) is 6. The van der Waals surface area contributed by atoms with Crippen molar-refractivity contribution < 1.29 is 19.2 Å². The summed E-state index contributed by atoms with van der Waals surface area (Å²) < 4.78 is 10.7. The number of benzene rings is 2. The first kappa shape index (κ1) is 20.6. The smallest absolute Gasteiger partial charge is 0.293 e. The molecular weight excluding hydrogens is 374 g/mol. The van der Waals surface area contributed by atoms with Gasteiger partial charge in [0, 0.05) is 31.3 Å². The Labute approximate surface area is 169 Å². The molecular formula is C21H25N3O5. The van der Waals surface area contributed by atoms with Gasteiger partial charge in [-0.2, -0.15) is 0 Å². The van der Waals surface area contributed by atoms with Gasteiger partial charge in [0.1, 0.15) is 11.4 Å². The Bertz CT molecular complexity index is 894. The fourth-order valence-corrected chi connectivity index (χ4v) is 3.40. The predicted molar refractivity (Wildman–Crippen MR) is 110 cm³/mol. The second-order valence-electron chi connectivity index (χ2n) is 6.88. The highest BCUT2D eigenvalue weighted by molar-refractivity contribution is 5.95. The summed E-state index contributed by atoms with van der Waals surface area (Å²) in [6.07, 6.45) is 0.602. The highest BCUT2D eigenvalue weighted by Gasteiger charge is 2.23. The summed E-state index contributed by atoms with van der Waals surface area (Å²) >= 11 is 0. The van der Waals surface area contributed by atoms with E-state index in [9.17, 15) is 14.9 Å². The van der Waals surface area contributed by atoms with Crippen LogP contribution in [0.25, 0.3) is 0 Å². The van der Waals surface area contributed by atoms with Crippen molar-refractivity contribution in [2.75, 3.05) is 44.9 Å². The number of carbonyl (C=O) groups excluding carboxylic acids is 1. The monoisotopic (exact) mass is 399 g/mol. The van der Waals surface area contributed by atoms with E-state index in [2.05, 4.69) is 5.32 Å². The zero-order valence-corrected chi connectivity index (χ0v) is 16.6. The zero-order chi connectivity index (χ0) is 20.8. The average Bonchev–Trinajstić information content (AvgIpc) is 2.74. The molecule has 8 nitrogen and oxygen atoms in total. The van der Waals surface area contributed by atoms with Crippen LogP contribution in [0, 0.1) is 17.0 Å². The summed E-state index contributed by atoms with van der Waals surface area (Å²) in [5.74, 6) is 0.434. The number of hydrogen-bond donors (Lipinski definition) is 1. The van der Waals surface area contributed by atoms with Gasteiger partial charge in [-0.05, 0) is 37.1 Å². The molecule has 1 N–H and O–H groups in total. The molecule has 0 spiro atoms. The maximum atomic E-state index is 12.5. The molecule has 2 aromatic rings. The summed E-state index contributed by atoms with van der Waals surface area (Å²) in [4.78, 5) is 25.5. The van der Waals surface area contributed by atoms with Crippen molar-refractivity contribution >= 4 is 17.3 Å². The largest absolute Gasteiger partial charge is 0.496 e. The van der Waals surface area contributed by atoms with Crippen LogP contribution in [0.15, 0.2) is 36.4 Å². The molecule has 3 rings (SSSR count). The van der Waals surface area contributed by atoms with Crippen LogP contribution in [0.1, 0.15) is 21.5 Å². The number of nitrogens with one attached hydrogen (secondary N) is 1. The molecule has 0 radical (unpaired) electrons. The first-order chi connectivity index (χ1) is 14.0. The van der Waals surface area contributed by atoms with E-state index < -0.39 is 4.92 Å². The molecule has 1 aliphatic rings. The molecule has 0 unspecified atom stereocenters. The second kappa shape index (κ2) is 9.38. The standard InChI is InChI=1S/C21H25N3O5/c1-15-3-6-20(28-2)16(13-15)7-8-22-21(25)17-4-5-18(19(14-17)24(26)27)23-9-11-29-12-10-23/h3-6,13-14H,7-12H2,1-2H3,(H,22,25). The Kier molecular flexibility index (Phi) is 6.66. The van der Waals surface area contributed by atoms with E-state index in [0.29, 0.717) is 45.0 Å². The molecule has 0 aliphatic carbocycles. The third-order valence-corrected chi connectivity index (χ3v) is 4.90. The molecule has 8 heteroatoms. The molecule has 2 aromatic carbocycles. The Balaban J connectivity index is 1.68. The van der Waals surface area contributed by atoms with Crippen LogP contribution in [0.5, 0.6) is 5.75 Å². The molecule has 0 saturated carbocycles. The van der Waals surface area contributed by atoms with Crippen LogP contribution in [0.2, 0.25) is 0 Å². The summed E-state index contributed by atoms with van der Waals surface area (Å²) in [5, 5.41) is 14.4. The first-order valence-corrected chi connectivity index (χ1v) is 9.52. The van der Waals surface area contributed by atoms with Gasteiger partial charge in [0.05, 0.1) is 25.2 Å². The third kappa shape index (κ3) is 5.03.